The molecule has 1 aromatic heterocycles. The Kier molecular flexibility index (Phi) is 3.12. The highest BCUT2D eigenvalue weighted by Crippen LogP contribution is 2.25. The fourth-order valence-electron chi connectivity index (χ4n) is 1.13. The third-order valence-electron chi connectivity index (χ3n) is 1.65. The maximum absolute atomic E-state index is 5.58. The zero-order valence-electron chi connectivity index (χ0n) is 7.37. The van der Waals surface area contributed by atoms with E-state index >= 15 is 0 Å². The summed E-state index contributed by atoms with van der Waals surface area (Å²) in [5.41, 5.74) is 0.748. The van der Waals surface area contributed by atoms with Crippen molar-refractivity contribution in [3.05, 3.63) is 17.0 Å². The second-order valence-corrected chi connectivity index (χ2v) is 3.33. The van der Waals surface area contributed by atoms with Gasteiger partial charge in [-0.25, -0.2) is 0 Å². The molecule has 1 aromatic rings. The van der Waals surface area contributed by atoms with Crippen molar-refractivity contribution in [1.29, 1.82) is 0 Å². The summed E-state index contributed by atoms with van der Waals surface area (Å²) in [7, 11) is 1.65. The molecule has 0 aromatic carbocycles. The summed E-state index contributed by atoms with van der Waals surface area (Å²) in [6.07, 6.45) is -0.0405. The molecular weight excluding hydrogens is 178 g/mol. The molecule has 0 aliphatic carbocycles. The second-order valence-electron chi connectivity index (χ2n) is 2.96. The van der Waals surface area contributed by atoms with Gasteiger partial charge >= 0.3 is 0 Å². The van der Waals surface area contributed by atoms with Gasteiger partial charge in [0.05, 0.1) is 0 Å². The highest BCUT2D eigenvalue weighted by atomic mass is 35.5. The number of ether oxygens (including phenoxy) is 1. The van der Waals surface area contributed by atoms with Crippen molar-refractivity contribution in [2.24, 2.45) is 5.92 Å². The van der Waals surface area contributed by atoms with Crippen molar-refractivity contribution >= 4 is 11.6 Å². The van der Waals surface area contributed by atoms with Crippen molar-refractivity contribution in [3.8, 4) is 0 Å². The largest absolute Gasteiger partial charge is 0.375 e. The summed E-state index contributed by atoms with van der Waals surface area (Å²) < 4.78 is 9.96. The van der Waals surface area contributed by atoms with E-state index in [4.69, 9.17) is 20.9 Å². The van der Waals surface area contributed by atoms with E-state index in [1.54, 1.807) is 13.2 Å². The zero-order valence-corrected chi connectivity index (χ0v) is 8.13. The summed E-state index contributed by atoms with van der Waals surface area (Å²) in [5, 5.41) is 4.08. The molecule has 0 saturated carbocycles. The van der Waals surface area contributed by atoms with E-state index in [0.717, 1.165) is 5.69 Å². The first kappa shape index (κ1) is 9.55. The van der Waals surface area contributed by atoms with Gasteiger partial charge in [-0.1, -0.05) is 19.0 Å². The van der Waals surface area contributed by atoms with E-state index in [-0.39, 0.29) is 6.10 Å². The van der Waals surface area contributed by atoms with Crippen molar-refractivity contribution in [2.45, 2.75) is 20.0 Å². The summed E-state index contributed by atoms with van der Waals surface area (Å²) in [4.78, 5) is 0. The van der Waals surface area contributed by atoms with Gasteiger partial charge in [0, 0.05) is 13.2 Å². The fourth-order valence-corrected chi connectivity index (χ4v) is 1.28. The van der Waals surface area contributed by atoms with Crippen LogP contribution in [0, 0.1) is 5.92 Å². The Labute approximate surface area is 76.6 Å². The molecule has 1 heterocycles. The molecule has 4 heteroatoms. The highest BCUT2D eigenvalue weighted by molar-refractivity contribution is 6.28. The van der Waals surface area contributed by atoms with E-state index in [0.29, 0.717) is 11.1 Å². The van der Waals surface area contributed by atoms with E-state index in [1.165, 1.54) is 0 Å². The lowest BCUT2D eigenvalue weighted by molar-refractivity contribution is 0.0585. The predicted octanol–water partition coefficient (Wildman–Crippen LogP) is 2.67. The van der Waals surface area contributed by atoms with Crippen LogP contribution in [0.5, 0.6) is 0 Å². The first-order chi connectivity index (χ1) is 5.65. The van der Waals surface area contributed by atoms with Gasteiger partial charge < -0.3 is 9.26 Å². The number of nitrogens with zero attached hydrogens (tertiary/aromatic N) is 1. The van der Waals surface area contributed by atoms with Crippen LogP contribution in [0.3, 0.4) is 0 Å². The van der Waals surface area contributed by atoms with E-state index < -0.39 is 0 Å². The van der Waals surface area contributed by atoms with Crippen LogP contribution in [0.15, 0.2) is 10.6 Å². The number of halogens is 1. The molecule has 0 fully saturated rings. The first-order valence-electron chi connectivity index (χ1n) is 3.80. The highest BCUT2D eigenvalue weighted by Gasteiger charge is 2.18. The molecule has 1 atom stereocenters. The minimum absolute atomic E-state index is 0.0405. The average molecular weight is 190 g/mol. The number of hydrogen-bond acceptors (Lipinski definition) is 3. The molecular formula is C8H12ClNO2. The summed E-state index contributed by atoms with van der Waals surface area (Å²) in [5.74, 6) is 0.358. The SMILES string of the molecule is COC(c1cc(Cl)on1)C(C)C. The molecule has 0 aliphatic rings. The summed E-state index contributed by atoms with van der Waals surface area (Å²) in [6.45, 7) is 4.10. The molecule has 0 saturated heterocycles. The molecule has 0 N–H and O–H groups in total. The van der Waals surface area contributed by atoms with Gasteiger partial charge in [-0.15, -0.1) is 0 Å². The van der Waals surface area contributed by atoms with E-state index in [1.807, 2.05) is 0 Å². The summed E-state index contributed by atoms with van der Waals surface area (Å²) >= 11 is 5.58. The lowest BCUT2D eigenvalue weighted by Crippen LogP contribution is -2.08. The molecule has 3 nitrogen and oxygen atoms in total. The van der Waals surface area contributed by atoms with E-state index in [2.05, 4.69) is 19.0 Å². The maximum Gasteiger partial charge on any atom is 0.226 e. The molecule has 0 bridgehead atoms. The van der Waals surface area contributed by atoms with Gasteiger partial charge in [-0.2, -0.15) is 0 Å². The topological polar surface area (TPSA) is 35.3 Å². The molecule has 1 unspecified atom stereocenters. The van der Waals surface area contributed by atoms with Crippen LogP contribution in [0.2, 0.25) is 5.22 Å². The molecule has 12 heavy (non-hydrogen) atoms. The minimum Gasteiger partial charge on any atom is -0.375 e. The van der Waals surface area contributed by atoms with Gasteiger partial charge in [-0.3, -0.25) is 0 Å². The Morgan fingerprint density at radius 3 is 2.58 bits per heavy atom. The van der Waals surface area contributed by atoms with Crippen LogP contribution in [0.25, 0.3) is 0 Å². The monoisotopic (exact) mass is 189 g/mol. The van der Waals surface area contributed by atoms with Crippen LogP contribution < -0.4 is 0 Å². The van der Waals surface area contributed by atoms with Gasteiger partial charge in [0.15, 0.2) is 0 Å². The normalized spacial score (nSPS) is 13.8. The lowest BCUT2D eigenvalue weighted by atomic mass is 10.0. The quantitative estimate of drug-likeness (QED) is 0.734. The van der Waals surface area contributed by atoms with Crippen molar-refractivity contribution in [1.82, 2.24) is 5.16 Å². The Morgan fingerprint density at radius 2 is 2.25 bits per heavy atom. The molecule has 0 aliphatic heterocycles. The Hall–Kier alpha value is -0.540. The number of methoxy groups -OCH3 is 1. The van der Waals surface area contributed by atoms with Gasteiger partial charge in [-0.05, 0) is 17.5 Å². The molecule has 1 rings (SSSR count). The van der Waals surface area contributed by atoms with Gasteiger partial charge in [0.2, 0.25) is 5.22 Å². The third kappa shape index (κ3) is 1.99. The molecule has 0 radical (unpaired) electrons. The number of aromatic nitrogens is 1. The van der Waals surface area contributed by atoms with Crippen LogP contribution in [-0.2, 0) is 4.74 Å². The maximum atomic E-state index is 5.58. The third-order valence-corrected chi connectivity index (χ3v) is 1.83. The lowest BCUT2D eigenvalue weighted by Gasteiger charge is -2.15. The zero-order chi connectivity index (χ0) is 9.14. The van der Waals surface area contributed by atoms with Crippen LogP contribution in [0.4, 0.5) is 0 Å². The predicted molar refractivity (Wildman–Crippen MR) is 46.1 cm³/mol. The van der Waals surface area contributed by atoms with Crippen LogP contribution >= 0.6 is 11.6 Å². The Bertz CT molecular complexity index is 247. The van der Waals surface area contributed by atoms with Gasteiger partial charge in [0.25, 0.3) is 0 Å². The van der Waals surface area contributed by atoms with Crippen LogP contribution in [-0.4, -0.2) is 12.3 Å². The first-order valence-corrected chi connectivity index (χ1v) is 4.18. The Morgan fingerprint density at radius 1 is 1.58 bits per heavy atom. The summed E-state index contributed by atoms with van der Waals surface area (Å²) in [6, 6.07) is 1.68. The van der Waals surface area contributed by atoms with Crippen LogP contribution in [0.1, 0.15) is 25.6 Å². The van der Waals surface area contributed by atoms with Crippen molar-refractivity contribution < 1.29 is 9.26 Å². The van der Waals surface area contributed by atoms with Gasteiger partial charge in [0.1, 0.15) is 11.8 Å². The number of hydrogen-bond donors (Lipinski definition) is 0. The molecule has 0 spiro atoms. The number of rotatable bonds is 3. The molecule has 0 amide bonds. The second kappa shape index (κ2) is 3.92. The standard InChI is InChI=1S/C8H12ClNO2/c1-5(2)8(11-3)6-4-7(9)12-10-6/h4-5,8H,1-3H3. The van der Waals surface area contributed by atoms with E-state index in [9.17, 15) is 0 Å². The Balaban J connectivity index is 2.80. The van der Waals surface area contributed by atoms with Crippen molar-refractivity contribution in [2.75, 3.05) is 7.11 Å². The fraction of sp³-hybridized carbons (Fsp3) is 0.625. The minimum atomic E-state index is -0.0405. The van der Waals surface area contributed by atoms with Crippen molar-refractivity contribution in [3.63, 3.8) is 0 Å². The smallest absolute Gasteiger partial charge is 0.226 e. The average Bonchev–Trinajstić information content (AvgIpc) is 2.37. The molecule has 68 valence electrons.